The van der Waals surface area contributed by atoms with Gasteiger partial charge in [0.15, 0.2) is 0 Å². The van der Waals surface area contributed by atoms with Crippen LogP contribution in [-0.4, -0.2) is 29.8 Å². The third-order valence-corrected chi connectivity index (χ3v) is 4.79. The maximum absolute atomic E-state index is 12.7. The van der Waals surface area contributed by atoms with Crippen molar-refractivity contribution >= 4 is 18.1 Å². The standard InChI is InChI=1S/C26H21N3O4/c1-32-21-10-7-9-20(17-21)26(31)33-22-11-6-8-19(16-22)18-27-28-25(30)23-12-2-3-13-24(23)29-14-4-5-15-29/h2-18H,1H3,(H,28,30)/b27-18+. The van der Waals surface area contributed by atoms with Crippen LogP contribution in [0.2, 0.25) is 0 Å². The number of benzene rings is 3. The predicted molar refractivity (Wildman–Crippen MR) is 125 cm³/mol. The van der Waals surface area contributed by atoms with Gasteiger partial charge in [0.2, 0.25) is 0 Å². The first-order valence-corrected chi connectivity index (χ1v) is 10.2. The number of esters is 1. The summed E-state index contributed by atoms with van der Waals surface area (Å²) in [5.74, 6) is 0.0875. The smallest absolute Gasteiger partial charge is 0.343 e. The Kier molecular flexibility index (Phi) is 6.61. The van der Waals surface area contributed by atoms with Crippen molar-refractivity contribution in [2.75, 3.05) is 7.11 Å². The van der Waals surface area contributed by atoms with E-state index in [0.29, 0.717) is 28.2 Å². The number of methoxy groups -OCH3 is 1. The summed E-state index contributed by atoms with van der Waals surface area (Å²) in [7, 11) is 1.53. The molecule has 0 aliphatic rings. The van der Waals surface area contributed by atoms with Gasteiger partial charge in [-0.05, 0) is 60.2 Å². The number of carbonyl (C=O) groups excluding carboxylic acids is 2. The Morgan fingerprint density at radius 3 is 2.45 bits per heavy atom. The number of hydrazone groups is 1. The van der Waals surface area contributed by atoms with E-state index < -0.39 is 5.97 Å². The van der Waals surface area contributed by atoms with Gasteiger partial charge in [0.1, 0.15) is 11.5 Å². The fourth-order valence-corrected chi connectivity index (χ4v) is 3.19. The Morgan fingerprint density at radius 1 is 0.879 bits per heavy atom. The van der Waals surface area contributed by atoms with Crippen LogP contribution in [0, 0.1) is 0 Å². The van der Waals surface area contributed by atoms with Gasteiger partial charge in [-0.1, -0.05) is 30.3 Å². The number of hydrogen-bond donors (Lipinski definition) is 1. The lowest BCUT2D eigenvalue weighted by Gasteiger charge is -2.09. The summed E-state index contributed by atoms with van der Waals surface area (Å²) in [5.41, 5.74) is 4.82. The summed E-state index contributed by atoms with van der Waals surface area (Å²) in [5, 5.41) is 4.05. The molecule has 0 spiro atoms. The lowest BCUT2D eigenvalue weighted by molar-refractivity contribution is 0.0734. The van der Waals surface area contributed by atoms with E-state index >= 15 is 0 Å². The molecule has 4 rings (SSSR count). The molecular weight excluding hydrogens is 418 g/mol. The van der Waals surface area contributed by atoms with Crippen LogP contribution in [0.15, 0.2) is 102 Å². The number of amides is 1. The van der Waals surface area contributed by atoms with Crippen LogP contribution >= 0.6 is 0 Å². The zero-order chi connectivity index (χ0) is 23.0. The minimum atomic E-state index is -0.502. The third kappa shape index (κ3) is 5.34. The molecule has 7 heteroatoms. The number of ether oxygens (including phenoxy) is 2. The molecule has 1 N–H and O–H groups in total. The number of rotatable bonds is 7. The molecule has 7 nitrogen and oxygen atoms in total. The van der Waals surface area contributed by atoms with E-state index in [9.17, 15) is 9.59 Å². The van der Waals surface area contributed by atoms with Crippen LogP contribution in [0.25, 0.3) is 5.69 Å². The van der Waals surface area contributed by atoms with Crippen LogP contribution in [0.5, 0.6) is 11.5 Å². The molecule has 0 aliphatic heterocycles. The second-order valence-corrected chi connectivity index (χ2v) is 7.00. The minimum Gasteiger partial charge on any atom is -0.497 e. The van der Waals surface area contributed by atoms with E-state index in [1.165, 1.54) is 13.3 Å². The van der Waals surface area contributed by atoms with E-state index in [4.69, 9.17) is 9.47 Å². The normalized spacial score (nSPS) is 10.7. The largest absolute Gasteiger partial charge is 0.497 e. The molecule has 0 saturated heterocycles. The number of nitrogens with zero attached hydrogens (tertiary/aromatic N) is 2. The number of nitrogens with one attached hydrogen (secondary N) is 1. The van der Waals surface area contributed by atoms with Gasteiger partial charge in [0.25, 0.3) is 5.91 Å². The molecule has 0 fully saturated rings. The fourth-order valence-electron chi connectivity index (χ4n) is 3.19. The van der Waals surface area contributed by atoms with Crippen molar-refractivity contribution in [2.24, 2.45) is 5.10 Å². The molecule has 164 valence electrons. The monoisotopic (exact) mass is 439 g/mol. The molecule has 33 heavy (non-hydrogen) atoms. The molecule has 0 saturated carbocycles. The van der Waals surface area contributed by atoms with Crippen molar-refractivity contribution in [1.82, 2.24) is 9.99 Å². The highest BCUT2D eigenvalue weighted by atomic mass is 16.5. The topological polar surface area (TPSA) is 81.9 Å². The van der Waals surface area contributed by atoms with Crippen LogP contribution in [0.1, 0.15) is 26.3 Å². The van der Waals surface area contributed by atoms with Crippen molar-refractivity contribution in [1.29, 1.82) is 0 Å². The maximum atomic E-state index is 12.7. The molecule has 4 aromatic rings. The third-order valence-electron chi connectivity index (χ3n) is 4.79. The Bertz CT molecular complexity index is 1300. The highest BCUT2D eigenvalue weighted by molar-refractivity contribution is 5.98. The van der Waals surface area contributed by atoms with E-state index in [2.05, 4.69) is 10.5 Å². The summed E-state index contributed by atoms with van der Waals surface area (Å²) in [6, 6.07) is 24.6. The Hall–Kier alpha value is -4.65. The van der Waals surface area contributed by atoms with Gasteiger partial charge in [0, 0.05) is 12.4 Å². The van der Waals surface area contributed by atoms with Gasteiger partial charge in [0.05, 0.1) is 30.1 Å². The molecule has 0 bridgehead atoms. The van der Waals surface area contributed by atoms with Gasteiger partial charge < -0.3 is 14.0 Å². The van der Waals surface area contributed by atoms with Crippen LogP contribution in [0.4, 0.5) is 0 Å². The molecule has 0 radical (unpaired) electrons. The molecule has 3 aromatic carbocycles. The highest BCUT2D eigenvalue weighted by Gasteiger charge is 2.12. The summed E-state index contributed by atoms with van der Waals surface area (Å²) in [6.45, 7) is 0. The summed E-state index contributed by atoms with van der Waals surface area (Å²) < 4.78 is 12.4. The lowest BCUT2D eigenvalue weighted by Crippen LogP contribution is -2.19. The molecule has 1 heterocycles. The molecule has 1 amide bonds. The lowest BCUT2D eigenvalue weighted by atomic mass is 10.1. The van der Waals surface area contributed by atoms with E-state index in [0.717, 1.165) is 5.69 Å². The number of aromatic nitrogens is 1. The SMILES string of the molecule is COc1cccc(C(=O)Oc2cccc(/C=N/NC(=O)c3ccccc3-n3cccc3)c2)c1. The number of hydrogen-bond acceptors (Lipinski definition) is 5. The van der Waals surface area contributed by atoms with Crippen molar-refractivity contribution < 1.29 is 19.1 Å². The number of para-hydroxylation sites is 1. The van der Waals surface area contributed by atoms with Gasteiger partial charge >= 0.3 is 5.97 Å². The second kappa shape index (κ2) is 10.1. The molecule has 1 aromatic heterocycles. The zero-order valence-corrected chi connectivity index (χ0v) is 17.8. The Balaban J connectivity index is 1.42. The average molecular weight is 439 g/mol. The van der Waals surface area contributed by atoms with E-state index in [1.54, 1.807) is 60.7 Å². The predicted octanol–water partition coefficient (Wildman–Crippen LogP) is 4.47. The van der Waals surface area contributed by atoms with Gasteiger partial charge in [-0.25, -0.2) is 10.2 Å². The molecule has 0 aliphatic carbocycles. The zero-order valence-electron chi connectivity index (χ0n) is 17.8. The summed E-state index contributed by atoms with van der Waals surface area (Å²) >= 11 is 0. The maximum Gasteiger partial charge on any atom is 0.343 e. The first-order valence-electron chi connectivity index (χ1n) is 10.2. The van der Waals surface area contributed by atoms with Crippen molar-refractivity contribution in [3.05, 3.63) is 114 Å². The summed E-state index contributed by atoms with van der Waals surface area (Å²) in [4.78, 5) is 25.1. The van der Waals surface area contributed by atoms with Gasteiger partial charge in [-0.3, -0.25) is 4.79 Å². The molecule has 0 unspecified atom stereocenters. The Labute approximate surface area is 190 Å². The molecular formula is C26H21N3O4. The van der Waals surface area contributed by atoms with Gasteiger partial charge in [-0.2, -0.15) is 5.10 Å². The first-order chi connectivity index (χ1) is 16.1. The number of carbonyl (C=O) groups is 2. The molecule has 0 atom stereocenters. The van der Waals surface area contributed by atoms with Crippen molar-refractivity contribution in [2.45, 2.75) is 0 Å². The second-order valence-electron chi connectivity index (χ2n) is 7.00. The first kappa shape index (κ1) is 21.6. The summed E-state index contributed by atoms with van der Waals surface area (Å²) in [6.07, 6.45) is 5.22. The highest BCUT2D eigenvalue weighted by Crippen LogP contribution is 2.18. The van der Waals surface area contributed by atoms with Gasteiger partial charge in [-0.15, -0.1) is 0 Å². The quantitative estimate of drug-likeness (QED) is 0.199. The van der Waals surface area contributed by atoms with E-state index in [-0.39, 0.29) is 5.91 Å². The van der Waals surface area contributed by atoms with E-state index in [1.807, 2.05) is 41.2 Å². The fraction of sp³-hybridized carbons (Fsp3) is 0.0385. The minimum absolute atomic E-state index is 0.337. The Morgan fingerprint density at radius 2 is 1.64 bits per heavy atom. The van der Waals surface area contributed by atoms with Crippen LogP contribution < -0.4 is 14.9 Å². The van der Waals surface area contributed by atoms with Crippen molar-refractivity contribution in [3.8, 4) is 17.2 Å². The van der Waals surface area contributed by atoms with Crippen LogP contribution in [0.3, 0.4) is 0 Å². The van der Waals surface area contributed by atoms with Crippen LogP contribution in [-0.2, 0) is 0 Å². The van der Waals surface area contributed by atoms with Crippen molar-refractivity contribution in [3.63, 3.8) is 0 Å². The average Bonchev–Trinajstić information content (AvgIpc) is 3.39.